The Hall–Kier alpha value is -0.670. The van der Waals surface area contributed by atoms with Gasteiger partial charge in [-0.05, 0) is 80.1 Å². The maximum absolute atomic E-state index is 11.8. The number of aliphatic hydroxyl groups is 1. The van der Waals surface area contributed by atoms with E-state index in [2.05, 4.69) is 6.92 Å². The van der Waals surface area contributed by atoms with Gasteiger partial charge in [-0.2, -0.15) is 0 Å². The first kappa shape index (κ1) is 15.6. The van der Waals surface area contributed by atoms with Crippen LogP contribution in [0.4, 0.5) is 0 Å². The van der Waals surface area contributed by atoms with Crippen molar-refractivity contribution in [1.29, 1.82) is 0 Å². The molecular formula is C21H30O3. The second-order valence-corrected chi connectivity index (χ2v) is 9.62. The topological polar surface area (TPSA) is 46.5 Å². The first-order valence-electron chi connectivity index (χ1n) is 9.90. The Morgan fingerprint density at radius 1 is 1.25 bits per heavy atom. The normalized spacial score (nSPS) is 55.1. The molecule has 1 N–H and O–H groups in total. The molecule has 0 aromatic carbocycles. The summed E-state index contributed by atoms with van der Waals surface area (Å²) < 4.78 is 5.45. The van der Waals surface area contributed by atoms with Crippen molar-refractivity contribution < 1.29 is 14.6 Å². The van der Waals surface area contributed by atoms with Crippen molar-refractivity contribution in [2.45, 2.75) is 63.9 Å². The molecule has 2 unspecified atom stereocenters. The SMILES string of the molecule is COCC1(O)CC2C[C@@]23[C@@H]2CCC4=CC(=O)CC[C@@H]4[C@H]2CC[C@]13C. The summed E-state index contributed by atoms with van der Waals surface area (Å²) in [5.41, 5.74) is 1.20. The van der Waals surface area contributed by atoms with Crippen LogP contribution < -0.4 is 0 Å². The van der Waals surface area contributed by atoms with E-state index in [4.69, 9.17) is 4.74 Å². The molecule has 0 aromatic rings. The van der Waals surface area contributed by atoms with E-state index in [1.807, 2.05) is 6.08 Å². The second-order valence-electron chi connectivity index (χ2n) is 9.62. The monoisotopic (exact) mass is 330 g/mol. The summed E-state index contributed by atoms with van der Waals surface area (Å²) in [6, 6.07) is 0. The number of carbonyl (C=O) groups is 1. The van der Waals surface area contributed by atoms with Crippen LogP contribution in [0, 0.1) is 34.5 Å². The van der Waals surface area contributed by atoms with Crippen LogP contribution in [0.5, 0.6) is 0 Å². The fourth-order valence-corrected chi connectivity index (χ4v) is 8.06. The third-order valence-electron chi connectivity index (χ3n) is 9.12. The van der Waals surface area contributed by atoms with Crippen LogP contribution in [0.2, 0.25) is 0 Å². The van der Waals surface area contributed by atoms with E-state index in [-0.39, 0.29) is 5.41 Å². The van der Waals surface area contributed by atoms with Gasteiger partial charge in [0.25, 0.3) is 0 Å². The molecule has 7 atom stereocenters. The molecule has 0 aliphatic heterocycles. The summed E-state index contributed by atoms with van der Waals surface area (Å²) in [5, 5.41) is 11.4. The molecule has 4 saturated carbocycles. The number of fused-ring (bicyclic) bond motifs is 3. The zero-order valence-electron chi connectivity index (χ0n) is 15.0. The minimum Gasteiger partial charge on any atom is -0.387 e. The number of ether oxygens (including phenoxy) is 1. The van der Waals surface area contributed by atoms with E-state index in [9.17, 15) is 9.90 Å². The third-order valence-corrected chi connectivity index (χ3v) is 9.12. The first-order valence-corrected chi connectivity index (χ1v) is 9.90. The molecule has 0 radical (unpaired) electrons. The van der Waals surface area contributed by atoms with Gasteiger partial charge in [0.1, 0.15) is 0 Å². The fraction of sp³-hybridized carbons (Fsp3) is 0.857. The van der Waals surface area contributed by atoms with Gasteiger partial charge in [-0.1, -0.05) is 12.5 Å². The Bertz CT molecular complexity index is 625. The Morgan fingerprint density at radius 2 is 2.08 bits per heavy atom. The molecule has 3 heteroatoms. The predicted molar refractivity (Wildman–Crippen MR) is 91.4 cm³/mol. The zero-order chi connectivity index (χ0) is 16.7. The van der Waals surface area contributed by atoms with E-state index in [0.717, 1.165) is 43.9 Å². The van der Waals surface area contributed by atoms with E-state index < -0.39 is 5.60 Å². The highest BCUT2D eigenvalue weighted by Crippen LogP contribution is 2.83. The van der Waals surface area contributed by atoms with E-state index in [1.54, 1.807) is 7.11 Å². The van der Waals surface area contributed by atoms with Crippen LogP contribution in [0.1, 0.15) is 58.3 Å². The predicted octanol–water partition coefficient (Wildman–Crippen LogP) is 3.51. The number of carbonyl (C=O) groups excluding carboxylic acids is 1. The van der Waals surface area contributed by atoms with Crippen LogP contribution in [-0.2, 0) is 9.53 Å². The Morgan fingerprint density at radius 3 is 2.88 bits per heavy atom. The lowest BCUT2D eigenvalue weighted by Gasteiger charge is -2.58. The van der Waals surface area contributed by atoms with Crippen molar-refractivity contribution in [1.82, 2.24) is 0 Å². The minimum atomic E-state index is -0.631. The number of methoxy groups -OCH3 is 1. The average Bonchev–Trinajstić information content (AvgIpc) is 3.20. The maximum atomic E-state index is 11.8. The maximum Gasteiger partial charge on any atom is 0.155 e. The summed E-state index contributed by atoms with van der Waals surface area (Å²) in [6.07, 6.45) is 10.8. The van der Waals surface area contributed by atoms with Gasteiger partial charge in [-0.3, -0.25) is 4.79 Å². The van der Waals surface area contributed by atoms with Gasteiger partial charge in [-0.25, -0.2) is 0 Å². The third kappa shape index (κ3) is 1.64. The summed E-state index contributed by atoms with van der Waals surface area (Å²) in [6.45, 7) is 2.85. The van der Waals surface area contributed by atoms with Crippen LogP contribution >= 0.6 is 0 Å². The highest BCUT2D eigenvalue weighted by Gasteiger charge is 2.81. The Balaban J connectivity index is 1.50. The number of rotatable bonds is 2. The number of hydrogen-bond acceptors (Lipinski definition) is 3. The Labute approximate surface area is 144 Å². The highest BCUT2D eigenvalue weighted by molar-refractivity contribution is 5.91. The summed E-state index contributed by atoms with van der Waals surface area (Å²) in [7, 11) is 1.72. The molecule has 24 heavy (non-hydrogen) atoms. The molecule has 5 aliphatic carbocycles. The Kier molecular flexibility index (Phi) is 3.07. The van der Waals surface area contributed by atoms with Crippen molar-refractivity contribution in [3.63, 3.8) is 0 Å². The molecule has 5 aliphatic rings. The van der Waals surface area contributed by atoms with Crippen molar-refractivity contribution >= 4 is 5.78 Å². The van der Waals surface area contributed by atoms with Crippen molar-refractivity contribution in [3.05, 3.63) is 11.6 Å². The first-order chi connectivity index (χ1) is 11.5. The molecule has 3 nitrogen and oxygen atoms in total. The van der Waals surface area contributed by atoms with Crippen molar-refractivity contribution in [2.24, 2.45) is 34.5 Å². The zero-order valence-corrected chi connectivity index (χ0v) is 15.0. The molecule has 0 amide bonds. The standard InChI is InChI=1S/C21H30O3/c1-19-8-7-17-16-5-4-15(22)9-13(16)3-6-18(17)21(19)11-14(21)10-20(19,23)12-24-2/h9,14,16-18,23H,3-8,10-12H2,1-2H3/t14?,16-,17+,18+,19+,20?,21-/m0/s1. The molecule has 0 bridgehead atoms. The van der Waals surface area contributed by atoms with Crippen molar-refractivity contribution in [2.75, 3.05) is 13.7 Å². The van der Waals surface area contributed by atoms with Crippen LogP contribution in [0.3, 0.4) is 0 Å². The lowest BCUT2D eigenvalue weighted by atomic mass is 9.48. The van der Waals surface area contributed by atoms with Gasteiger partial charge in [0.05, 0.1) is 12.2 Å². The van der Waals surface area contributed by atoms with Gasteiger partial charge >= 0.3 is 0 Å². The summed E-state index contributed by atoms with van der Waals surface area (Å²) >= 11 is 0. The number of hydrogen-bond donors (Lipinski definition) is 1. The van der Waals surface area contributed by atoms with Crippen LogP contribution in [0.25, 0.3) is 0 Å². The van der Waals surface area contributed by atoms with Gasteiger partial charge < -0.3 is 9.84 Å². The number of ketones is 1. The molecule has 0 saturated heterocycles. The van der Waals surface area contributed by atoms with Gasteiger partial charge in [0.15, 0.2) is 5.78 Å². The molecule has 1 spiro atoms. The second kappa shape index (κ2) is 4.73. The fourth-order valence-electron chi connectivity index (χ4n) is 8.06. The van der Waals surface area contributed by atoms with E-state index in [1.165, 1.54) is 24.8 Å². The summed E-state index contributed by atoms with van der Waals surface area (Å²) in [5.74, 6) is 3.20. The largest absolute Gasteiger partial charge is 0.387 e. The lowest BCUT2D eigenvalue weighted by molar-refractivity contribution is -0.167. The molecule has 5 rings (SSSR count). The lowest BCUT2D eigenvalue weighted by Crippen LogP contribution is -2.57. The van der Waals surface area contributed by atoms with Crippen LogP contribution in [-0.4, -0.2) is 30.2 Å². The average molecular weight is 330 g/mol. The van der Waals surface area contributed by atoms with Crippen LogP contribution in [0.15, 0.2) is 11.6 Å². The van der Waals surface area contributed by atoms with Gasteiger partial charge in [-0.15, -0.1) is 0 Å². The van der Waals surface area contributed by atoms with Crippen molar-refractivity contribution in [3.8, 4) is 0 Å². The highest BCUT2D eigenvalue weighted by atomic mass is 16.5. The van der Waals surface area contributed by atoms with E-state index >= 15 is 0 Å². The number of allylic oxidation sites excluding steroid dienone is 1. The van der Waals surface area contributed by atoms with E-state index in [0.29, 0.717) is 29.6 Å². The minimum absolute atomic E-state index is 0.0214. The quantitative estimate of drug-likeness (QED) is 0.843. The molecule has 0 aromatic heterocycles. The summed E-state index contributed by atoms with van der Waals surface area (Å²) in [4.78, 5) is 11.8. The van der Waals surface area contributed by atoms with Gasteiger partial charge in [0.2, 0.25) is 0 Å². The molecule has 0 heterocycles. The van der Waals surface area contributed by atoms with Gasteiger partial charge in [0, 0.05) is 18.9 Å². The molecular weight excluding hydrogens is 300 g/mol. The molecule has 132 valence electrons. The molecule has 4 fully saturated rings. The smallest absolute Gasteiger partial charge is 0.155 e.